The van der Waals surface area contributed by atoms with E-state index in [1.165, 1.54) is 0 Å². The molecule has 0 atom stereocenters. The number of aromatic nitrogens is 5. The maximum atomic E-state index is 4.89. The fourth-order valence-corrected chi connectivity index (χ4v) is 3.19. The van der Waals surface area contributed by atoms with Crippen molar-refractivity contribution in [1.82, 2.24) is 25.0 Å². The maximum absolute atomic E-state index is 4.89. The van der Waals surface area contributed by atoms with E-state index in [1.807, 2.05) is 61.5 Å². The summed E-state index contributed by atoms with van der Waals surface area (Å²) in [5, 5.41) is 9.71. The Morgan fingerprint density at radius 2 is 1.46 bits per heavy atom. The van der Waals surface area contributed by atoms with Crippen molar-refractivity contribution in [3.05, 3.63) is 78.5 Å². The molecule has 0 fully saturated rings. The number of aryl methyl sites for hydroxylation is 1. The van der Waals surface area contributed by atoms with Crippen LogP contribution in [0.4, 0.5) is 0 Å². The van der Waals surface area contributed by atoms with Crippen LogP contribution < -0.4 is 0 Å². The number of para-hydroxylation sites is 1. The molecule has 5 heteroatoms. The summed E-state index contributed by atoms with van der Waals surface area (Å²) in [5.41, 5.74) is 6.11. The first-order valence-corrected chi connectivity index (χ1v) is 8.45. The minimum atomic E-state index is 0.715. The lowest BCUT2D eigenvalue weighted by atomic mass is 10.1. The van der Waals surface area contributed by atoms with Gasteiger partial charge in [-0.15, -0.1) is 5.10 Å². The van der Waals surface area contributed by atoms with E-state index < -0.39 is 0 Å². The van der Waals surface area contributed by atoms with E-state index >= 15 is 0 Å². The fraction of sp³-hybridized carbons (Fsp3) is 0.0476. The van der Waals surface area contributed by atoms with Crippen molar-refractivity contribution in [2.75, 3.05) is 0 Å². The van der Waals surface area contributed by atoms with Crippen molar-refractivity contribution in [3.63, 3.8) is 0 Å². The molecule has 0 aliphatic rings. The molecule has 0 bridgehead atoms. The molecule has 0 unspecified atom stereocenters. The Labute approximate surface area is 150 Å². The standard InChI is InChI=1S/C21H15N5/c1-14-17-12-13-18(15-8-4-2-5-9-15)23-19(17)20-21(22-14)26(25-24-20)16-10-6-3-7-11-16/h2-13H,1H3. The molecule has 5 rings (SSSR count). The molecule has 0 aliphatic carbocycles. The Bertz CT molecular complexity index is 1230. The highest BCUT2D eigenvalue weighted by molar-refractivity contribution is 6.01. The minimum Gasteiger partial charge on any atom is -0.245 e. The number of pyridine rings is 2. The first-order valence-electron chi connectivity index (χ1n) is 8.45. The smallest absolute Gasteiger partial charge is 0.186 e. The third kappa shape index (κ3) is 2.25. The molecule has 5 nitrogen and oxygen atoms in total. The van der Waals surface area contributed by atoms with Crippen molar-refractivity contribution in [3.8, 4) is 16.9 Å². The molecule has 3 aromatic heterocycles. The third-order valence-electron chi connectivity index (χ3n) is 4.50. The Hall–Kier alpha value is -3.60. The Kier molecular flexibility index (Phi) is 3.25. The van der Waals surface area contributed by atoms with E-state index in [9.17, 15) is 0 Å². The van der Waals surface area contributed by atoms with Gasteiger partial charge >= 0.3 is 0 Å². The number of rotatable bonds is 2. The lowest BCUT2D eigenvalue weighted by molar-refractivity contribution is 0.816. The van der Waals surface area contributed by atoms with E-state index in [1.54, 1.807) is 4.68 Å². The molecule has 0 saturated carbocycles. The van der Waals surface area contributed by atoms with Gasteiger partial charge in [-0.25, -0.2) is 9.97 Å². The summed E-state index contributed by atoms with van der Waals surface area (Å²) in [6.07, 6.45) is 0. The third-order valence-corrected chi connectivity index (χ3v) is 4.50. The van der Waals surface area contributed by atoms with Crippen molar-refractivity contribution in [2.24, 2.45) is 0 Å². The monoisotopic (exact) mass is 337 g/mol. The Morgan fingerprint density at radius 1 is 0.731 bits per heavy atom. The van der Waals surface area contributed by atoms with Crippen LogP contribution in [-0.2, 0) is 0 Å². The van der Waals surface area contributed by atoms with Gasteiger partial charge in [-0.2, -0.15) is 4.68 Å². The minimum absolute atomic E-state index is 0.715. The van der Waals surface area contributed by atoms with E-state index in [-0.39, 0.29) is 0 Å². The van der Waals surface area contributed by atoms with E-state index in [2.05, 4.69) is 28.5 Å². The van der Waals surface area contributed by atoms with Crippen LogP contribution in [0, 0.1) is 6.92 Å². The van der Waals surface area contributed by atoms with Gasteiger partial charge in [0.25, 0.3) is 0 Å². The van der Waals surface area contributed by atoms with Crippen LogP contribution in [-0.4, -0.2) is 25.0 Å². The molecule has 0 aliphatic heterocycles. The lowest BCUT2D eigenvalue weighted by Crippen LogP contribution is -1.99. The van der Waals surface area contributed by atoms with E-state index in [4.69, 9.17) is 9.97 Å². The highest BCUT2D eigenvalue weighted by Gasteiger charge is 2.15. The molecule has 5 aromatic rings. The predicted molar refractivity (Wildman–Crippen MR) is 102 cm³/mol. The second kappa shape index (κ2) is 5.74. The molecule has 124 valence electrons. The first kappa shape index (κ1) is 14.7. The van der Waals surface area contributed by atoms with Gasteiger partial charge in [-0.05, 0) is 31.2 Å². The molecule has 3 heterocycles. The van der Waals surface area contributed by atoms with Gasteiger partial charge in [0.15, 0.2) is 11.2 Å². The highest BCUT2D eigenvalue weighted by atomic mass is 15.4. The van der Waals surface area contributed by atoms with Crippen LogP contribution in [0.1, 0.15) is 5.69 Å². The number of fused-ring (bicyclic) bond motifs is 3. The zero-order chi connectivity index (χ0) is 17.5. The quantitative estimate of drug-likeness (QED) is 0.481. The van der Waals surface area contributed by atoms with E-state index in [0.29, 0.717) is 5.52 Å². The van der Waals surface area contributed by atoms with E-state index in [0.717, 1.165) is 39.2 Å². The largest absolute Gasteiger partial charge is 0.245 e. The van der Waals surface area contributed by atoms with Crippen molar-refractivity contribution in [2.45, 2.75) is 6.92 Å². The molecular formula is C21H15N5. The zero-order valence-electron chi connectivity index (χ0n) is 14.2. The summed E-state index contributed by atoms with van der Waals surface area (Å²) in [7, 11) is 0. The lowest BCUT2D eigenvalue weighted by Gasteiger charge is -2.07. The second-order valence-electron chi connectivity index (χ2n) is 6.16. The average Bonchev–Trinajstić information content (AvgIpc) is 3.13. The van der Waals surface area contributed by atoms with Gasteiger partial charge in [-0.3, -0.25) is 0 Å². The van der Waals surface area contributed by atoms with Gasteiger partial charge < -0.3 is 0 Å². The second-order valence-corrected chi connectivity index (χ2v) is 6.16. The Morgan fingerprint density at radius 3 is 2.23 bits per heavy atom. The molecule has 0 spiro atoms. The zero-order valence-corrected chi connectivity index (χ0v) is 14.2. The molecule has 26 heavy (non-hydrogen) atoms. The topological polar surface area (TPSA) is 56.5 Å². The van der Waals surface area contributed by atoms with Gasteiger partial charge in [0.05, 0.1) is 11.4 Å². The summed E-state index contributed by atoms with van der Waals surface area (Å²) in [5.74, 6) is 0. The van der Waals surface area contributed by atoms with Crippen molar-refractivity contribution < 1.29 is 0 Å². The van der Waals surface area contributed by atoms with Crippen LogP contribution in [0.15, 0.2) is 72.8 Å². The summed E-state index contributed by atoms with van der Waals surface area (Å²) >= 11 is 0. The molecular weight excluding hydrogens is 322 g/mol. The number of nitrogens with zero attached hydrogens (tertiary/aromatic N) is 5. The number of hydrogen-bond donors (Lipinski definition) is 0. The number of benzene rings is 2. The summed E-state index contributed by atoms with van der Waals surface area (Å²) < 4.78 is 1.76. The van der Waals surface area contributed by atoms with Gasteiger partial charge in [0, 0.05) is 16.6 Å². The van der Waals surface area contributed by atoms with Crippen molar-refractivity contribution in [1.29, 1.82) is 0 Å². The molecule has 0 amide bonds. The van der Waals surface area contributed by atoms with Crippen molar-refractivity contribution >= 4 is 22.1 Å². The maximum Gasteiger partial charge on any atom is 0.186 e. The van der Waals surface area contributed by atoms with Crippen LogP contribution in [0.2, 0.25) is 0 Å². The summed E-state index contributed by atoms with van der Waals surface area (Å²) in [4.78, 5) is 9.63. The normalized spacial score (nSPS) is 11.3. The fourth-order valence-electron chi connectivity index (χ4n) is 3.19. The molecule has 0 N–H and O–H groups in total. The molecule has 0 saturated heterocycles. The molecule has 2 aromatic carbocycles. The van der Waals surface area contributed by atoms with Crippen LogP contribution in [0.5, 0.6) is 0 Å². The summed E-state index contributed by atoms with van der Waals surface area (Å²) in [6.45, 7) is 1.99. The van der Waals surface area contributed by atoms with Crippen LogP contribution >= 0.6 is 0 Å². The average molecular weight is 337 g/mol. The van der Waals surface area contributed by atoms with Gasteiger partial charge in [0.1, 0.15) is 5.52 Å². The first-order chi connectivity index (χ1) is 12.8. The highest BCUT2D eigenvalue weighted by Crippen LogP contribution is 2.27. The van der Waals surface area contributed by atoms with Gasteiger partial charge in [0.2, 0.25) is 0 Å². The predicted octanol–water partition coefficient (Wildman–Crippen LogP) is 4.34. The molecule has 0 radical (unpaired) electrons. The number of hydrogen-bond acceptors (Lipinski definition) is 4. The summed E-state index contributed by atoms with van der Waals surface area (Å²) in [6, 6.07) is 24.1. The Balaban J connectivity index is 1.80. The van der Waals surface area contributed by atoms with Crippen LogP contribution in [0.3, 0.4) is 0 Å². The van der Waals surface area contributed by atoms with Gasteiger partial charge in [-0.1, -0.05) is 53.7 Å². The SMILES string of the molecule is Cc1nc2c(nnn2-c2ccccc2)c2nc(-c3ccccc3)ccc12. The van der Waals surface area contributed by atoms with Crippen LogP contribution in [0.25, 0.3) is 39.0 Å².